The summed E-state index contributed by atoms with van der Waals surface area (Å²) in [5.41, 5.74) is 0.874. The van der Waals surface area contributed by atoms with Gasteiger partial charge in [-0.1, -0.05) is 81.0 Å². The Kier molecular flexibility index (Phi) is 5.09. The maximum atomic E-state index is 2.33. The summed E-state index contributed by atoms with van der Waals surface area (Å²) in [7, 11) is 1.56. The minimum Gasteiger partial charge on any atom is -0.0616 e. The van der Waals surface area contributed by atoms with Crippen molar-refractivity contribution < 1.29 is 0 Å². The maximum absolute atomic E-state index is 2.33. The molecule has 1 fully saturated rings. The van der Waals surface area contributed by atoms with Gasteiger partial charge in [-0.2, -0.15) is 0 Å². The molecule has 0 nitrogen and oxygen atoms in total. The Bertz CT molecular complexity index is 531. The van der Waals surface area contributed by atoms with Gasteiger partial charge in [-0.05, 0) is 43.2 Å². The van der Waals surface area contributed by atoms with E-state index < -0.39 is 0 Å². The summed E-state index contributed by atoms with van der Waals surface area (Å²) in [6.07, 6.45) is 11.5. The number of fused-ring (bicyclic) bond motifs is 1. The van der Waals surface area contributed by atoms with Gasteiger partial charge < -0.3 is 0 Å². The van der Waals surface area contributed by atoms with Crippen molar-refractivity contribution in [2.45, 2.75) is 57.0 Å². The topological polar surface area (TPSA) is 0 Å². The van der Waals surface area contributed by atoms with Gasteiger partial charge in [-0.3, -0.25) is 0 Å². The van der Waals surface area contributed by atoms with Crippen molar-refractivity contribution in [3.63, 3.8) is 0 Å². The number of rotatable bonds is 2. The molecule has 0 aromatic heterocycles. The molecule has 1 aliphatic carbocycles. The predicted octanol–water partition coefficient (Wildman–Crippen LogP) is 5.91. The van der Waals surface area contributed by atoms with Crippen molar-refractivity contribution in [2.24, 2.45) is 0 Å². The molecule has 0 amide bonds. The average molecular weight is 283 g/mol. The average Bonchev–Trinajstić information content (AvgIpc) is 2.62. The highest BCUT2D eigenvalue weighted by Gasteiger charge is 2.13. The second kappa shape index (κ2) is 7.23. The molecule has 2 aromatic rings. The van der Waals surface area contributed by atoms with Gasteiger partial charge in [0.05, 0.1) is 0 Å². The van der Waals surface area contributed by atoms with E-state index in [0.29, 0.717) is 0 Å². The summed E-state index contributed by atoms with van der Waals surface area (Å²) in [4.78, 5) is 0. The van der Waals surface area contributed by atoms with E-state index in [0.717, 1.165) is 5.66 Å². The van der Waals surface area contributed by atoms with Gasteiger partial charge in [-0.15, -0.1) is 0 Å². The van der Waals surface area contributed by atoms with Gasteiger partial charge in [-0.25, -0.2) is 0 Å². The van der Waals surface area contributed by atoms with Gasteiger partial charge in [0, 0.05) is 0 Å². The van der Waals surface area contributed by atoms with Crippen LogP contribution in [0.2, 0.25) is 0 Å². The van der Waals surface area contributed by atoms with Crippen LogP contribution >= 0.6 is 8.58 Å². The molecule has 1 aliphatic rings. The lowest BCUT2D eigenvalue weighted by molar-refractivity contribution is 0.624. The third-order valence-corrected chi connectivity index (χ3v) is 5.96. The van der Waals surface area contributed by atoms with Crippen molar-refractivity contribution in [2.75, 3.05) is 0 Å². The molecule has 1 saturated carbocycles. The zero-order chi connectivity index (χ0) is 13.6. The highest BCUT2D eigenvalue weighted by atomic mass is 31.1. The van der Waals surface area contributed by atoms with E-state index >= 15 is 0 Å². The van der Waals surface area contributed by atoms with Crippen molar-refractivity contribution in [1.29, 1.82) is 0 Å². The van der Waals surface area contributed by atoms with Crippen LogP contribution in [0, 0.1) is 0 Å². The fraction of sp³-hybridized carbons (Fsp3) is 0.474. The Morgan fingerprint density at radius 1 is 0.700 bits per heavy atom. The van der Waals surface area contributed by atoms with Crippen LogP contribution in [-0.2, 0) is 0 Å². The summed E-state index contributed by atoms with van der Waals surface area (Å²) in [5, 5.41) is 4.38. The first kappa shape index (κ1) is 14.1. The molecule has 1 heteroatoms. The molecule has 20 heavy (non-hydrogen) atoms. The van der Waals surface area contributed by atoms with Gasteiger partial charge in [0.1, 0.15) is 0 Å². The summed E-state index contributed by atoms with van der Waals surface area (Å²) in [5.74, 6) is 0. The lowest BCUT2D eigenvalue weighted by Crippen LogP contribution is -2.07. The van der Waals surface area contributed by atoms with Gasteiger partial charge in [0.2, 0.25) is 0 Å². The quantitative estimate of drug-likeness (QED) is 0.601. The molecule has 0 bridgehead atoms. The predicted molar refractivity (Wildman–Crippen MR) is 91.2 cm³/mol. The minimum absolute atomic E-state index is 0.874. The Labute approximate surface area is 124 Å². The van der Waals surface area contributed by atoms with Crippen LogP contribution in [0.4, 0.5) is 0 Å². The summed E-state index contributed by atoms with van der Waals surface area (Å²) in [6, 6.07) is 15.6. The van der Waals surface area contributed by atoms with E-state index in [1.165, 1.54) is 67.4 Å². The van der Waals surface area contributed by atoms with Crippen molar-refractivity contribution in [1.82, 2.24) is 0 Å². The van der Waals surface area contributed by atoms with E-state index in [-0.39, 0.29) is 0 Å². The molecule has 3 rings (SSSR count). The highest BCUT2D eigenvalue weighted by molar-refractivity contribution is 7.48. The smallest absolute Gasteiger partial charge is 0.0103 e. The minimum atomic E-state index is 0.874. The maximum Gasteiger partial charge on any atom is -0.0103 e. The van der Waals surface area contributed by atoms with Crippen LogP contribution in [0.25, 0.3) is 10.8 Å². The normalized spacial score (nSPS) is 19.0. The summed E-state index contributed by atoms with van der Waals surface area (Å²) < 4.78 is 0. The van der Waals surface area contributed by atoms with Crippen molar-refractivity contribution in [3.8, 4) is 0 Å². The molecule has 0 atom stereocenters. The first-order valence-corrected chi connectivity index (χ1v) is 9.08. The molecule has 0 saturated heterocycles. The molecule has 0 N–H and O–H groups in total. The zero-order valence-corrected chi connectivity index (χ0v) is 13.1. The third-order valence-electron chi connectivity index (χ3n) is 4.41. The standard InChI is InChI=1S/C19H24P/c1-2-4-6-13-17(12-5-3-1)20-19-15-9-11-16-10-7-8-14-18(16)19/h7-11,14-15,17H,1-6,12-13H2. The number of hydrogen-bond donors (Lipinski definition) is 0. The molecular weight excluding hydrogens is 259 g/mol. The second-order valence-corrected chi connectivity index (χ2v) is 7.45. The number of benzene rings is 2. The third kappa shape index (κ3) is 3.61. The fourth-order valence-corrected chi connectivity index (χ4v) is 4.79. The van der Waals surface area contributed by atoms with E-state index in [4.69, 9.17) is 0 Å². The fourth-order valence-electron chi connectivity index (χ4n) is 3.26. The van der Waals surface area contributed by atoms with Crippen LogP contribution in [0.1, 0.15) is 51.4 Å². The van der Waals surface area contributed by atoms with Crippen LogP contribution in [0.15, 0.2) is 42.5 Å². The SMILES string of the molecule is c1ccc2c([P]C3CCCCCCCC3)cccc2c1. The molecule has 0 unspecified atom stereocenters. The van der Waals surface area contributed by atoms with E-state index in [1.54, 1.807) is 8.58 Å². The first-order valence-electron chi connectivity index (χ1n) is 8.12. The van der Waals surface area contributed by atoms with Crippen LogP contribution in [-0.4, -0.2) is 5.66 Å². The van der Waals surface area contributed by atoms with Crippen LogP contribution in [0.5, 0.6) is 0 Å². The molecule has 0 aliphatic heterocycles. The highest BCUT2D eigenvalue weighted by Crippen LogP contribution is 2.32. The van der Waals surface area contributed by atoms with E-state index in [1.807, 2.05) is 0 Å². The van der Waals surface area contributed by atoms with Crippen LogP contribution < -0.4 is 5.30 Å². The molecule has 1 radical (unpaired) electrons. The Morgan fingerprint density at radius 3 is 2.15 bits per heavy atom. The second-order valence-electron chi connectivity index (χ2n) is 5.98. The lowest BCUT2D eigenvalue weighted by atomic mass is 10.1. The Hall–Kier alpha value is -0.870. The molecule has 105 valence electrons. The summed E-state index contributed by atoms with van der Waals surface area (Å²) in [6.45, 7) is 0. The van der Waals surface area contributed by atoms with E-state index in [2.05, 4.69) is 42.5 Å². The van der Waals surface area contributed by atoms with Gasteiger partial charge >= 0.3 is 0 Å². The largest absolute Gasteiger partial charge is 0.0616 e. The van der Waals surface area contributed by atoms with Gasteiger partial charge in [0.25, 0.3) is 0 Å². The molecule has 2 aromatic carbocycles. The van der Waals surface area contributed by atoms with E-state index in [9.17, 15) is 0 Å². The first-order chi connectivity index (χ1) is 9.93. The molecular formula is C19H24P. The molecule has 0 heterocycles. The summed E-state index contributed by atoms with van der Waals surface area (Å²) >= 11 is 0. The zero-order valence-electron chi connectivity index (χ0n) is 12.2. The number of hydrogen-bond acceptors (Lipinski definition) is 0. The monoisotopic (exact) mass is 283 g/mol. The molecule has 0 spiro atoms. The van der Waals surface area contributed by atoms with Gasteiger partial charge in [0.15, 0.2) is 0 Å². The van der Waals surface area contributed by atoms with Crippen molar-refractivity contribution >= 4 is 24.7 Å². The Morgan fingerprint density at radius 2 is 1.35 bits per heavy atom. The Balaban J connectivity index is 1.77. The lowest BCUT2D eigenvalue weighted by Gasteiger charge is -2.16. The van der Waals surface area contributed by atoms with Crippen molar-refractivity contribution in [3.05, 3.63) is 42.5 Å². The van der Waals surface area contributed by atoms with Crippen LogP contribution in [0.3, 0.4) is 0 Å².